The first kappa shape index (κ1) is 12.3. The van der Waals surface area contributed by atoms with Crippen LogP contribution in [0.1, 0.15) is 5.56 Å². The first-order chi connectivity index (χ1) is 8.06. The average Bonchev–Trinajstić information content (AvgIpc) is 2.27. The molecule has 88 valence electrons. The van der Waals surface area contributed by atoms with Crippen LogP contribution >= 0.6 is 27.5 Å². The van der Waals surface area contributed by atoms with Crippen LogP contribution in [0.15, 0.2) is 40.9 Å². The largest absolute Gasteiger partial charge is 0.399 e. The maximum Gasteiger partial charge on any atom is 0.0661 e. The van der Waals surface area contributed by atoms with Gasteiger partial charge in [-0.25, -0.2) is 0 Å². The van der Waals surface area contributed by atoms with Gasteiger partial charge in [-0.3, -0.25) is 0 Å². The maximum absolute atomic E-state index is 6.10. The highest BCUT2D eigenvalue weighted by Crippen LogP contribution is 2.28. The standard InChI is InChI=1S/C13H12BrClN2/c1-8-6-10(3-4-11(8)14)17-13-5-2-9(16)7-12(13)15/h2-7,17H,16H2,1H3. The molecule has 2 nitrogen and oxygen atoms in total. The molecule has 0 aliphatic rings. The fourth-order valence-corrected chi connectivity index (χ4v) is 1.99. The average molecular weight is 312 g/mol. The second-order valence-corrected chi connectivity index (χ2v) is 5.09. The summed E-state index contributed by atoms with van der Waals surface area (Å²) in [4.78, 5) is 0. The molecule has 0 heterocycles. The van der Waals surface area contributed by atoms with Crippen molar-refractivity contribution in [3.8, 4) is 0 Å². The van der Waals surface area contributed by atoms with Crippen molar-refractivity contribution in [3.63, 3.8) is 0 Å². The van der Waals surface area contributed by atoms with Gasteiger partial charge in [0.05, 0.1) is 10.7 Å². The van der Waals surface area contributed by atoms with Crippen LogP contribution in [0.4, 0.5) is 17.1 Å². The van der Waals surface area contributed by atoms with E-state index < -0.39 is 0 Å². The lowest BCUT2D eigenvalue weighted by atomic mass is 10.2. The summed E-state index contributed by atoms with van der Waals surface area (Å²) in [5.74, 6) is 0. The van der Waals surface area contributed by atoms with Gasteiger partial charge in [-0.1, -0.05) is 27.5 Å². The van der Waals surface area contributed by atoms with E-state index in [4.69, 9.17) is 17.3 Å². The zero-order valence-electron chi connectivity index (χ0n) is 9.30. The van der Waals surface area contributed by atoms with Gasteiger partial charge in [-0.05, 0) is 48.9 Å². The lowest BCUT2D eigenvalue weighted by Crippen LogP contribution is -1.93. The number of halogens is 2. The van der Waals surface area contributed by atoms with Crippen LogP contribution in [0.3, 0.4) is 0 Å². The number of hydrogen-bond acceptors (Lipinski definition) is 2. The van der Waals surface area contributed by atoms with Gasteiger partial charge in [-0.2, -0.15) is 0 Å². The van der Waals surface area contributed by atoms with E-state index in [0.29, 0.717) is 10.7 Å². The zero-order valence-corrected chi connectivity index (χ0v) is 11.6. The van der Waals surface area contributed by atoms with E-state index in [0.717, 1.165) is 15.8 Å². The van der Waals surface area contributed by atoms with Crippen LogP contribution in [0, 0.1) is 6.92 Å². The Balaban J connectivity index is 2.28. The van der Waals surface area contributed by atoms with E-state index in [9.17, 15) is 0 Å². The molecule has 0 amide bonds. The van der Waals surface area contributed by atoms with Gasteiger partial charge in [0, 0.05) is 15.8 Å². The molecule has 17 heavy (non-hydrogen) atoms. The van der Waals surface area contributed by atoms with Gasteiger partial charge in [0.15, 0.2) is 0 Å². The van der Waals surface area contributed by atoms with E-state index in [1.807, 2.05) is 31.2 Å². The van der Waals surface area contributed by atoms with E-state index in [2.05, 4.69) is 27.3 Å². The third-order valence-electron chi connectivity index (χ3n) is 2.43. The van der Waals surface area contributed by atoms with Crippen molar-refractivity contribution in [1.29, 1.82) is 0 Å². The van der Waals surface area contributed by atoms with Gasteiger partial charge in [0.25, 0.3) is 0 Å². The Morgan fingerprint density at radius 1 is 1.18 bits per heavy atom. The summed E-state index contributed by atoms with van der Waals surface area (Å²) in [6, 6.07) is 11.5. The summed E-state index contributed by atoms with van der Waals surface area (Å²) < 4.78 is 1.09. The monoisotopic (exact) mass is 310 g/mol. The minimum absolute atomic E-state index is 0.616. The molecule has 0 bridgehead atoms. The smallest absolute Gasteiger partial charge is 0.0661 e. The van der Waals surface area contributed by atoms with Crippen LogP contribution in [0.5, 0.6) is 0 Å². The second kappa shape index (κ2) is 4.98. The zero-order chi connectivity index (χ0) is 12.4. The summed E-state index contributed by atoms with van der Waals surface area (Å²) in [6.45, 7) is 2.04. The fourth-order valence-electron chi connectivity index (χ4n) is 1.51. The summed E-state index contributed by atoms with van der Waals surface area (Å²) in [7, 11) is 0. The van der Waals surface area contributed by atoms with E-state index in [1.54, 1.807) is 6.07 Å². The van der Waals surface area contributed by atoms with Gasteiger partial charge in [0.2, 0.25) is 0 Å². The highest BCUT2D eigenvalue weighted by molar-refractivity contribution is 9.10. The van der Waals surface area contributed by atoms with E-state index in [1.165, 1.54) is 5.56 Å². The lowest BCUT2D eigenvalue weighted by molar-refractivity contribution is 1.42. The summed E-state index contributed by atoms with van der Waals surface area (Å²) >= 11 is 9.57. The van der Waals surface area contributed by atoms with Gasteiger partial charge in [-0.15, -0.1) is 0 Å². The third kappa shape index (κ3) is 2.93. The number of nitrogen functional groups attached to an aromatic ring is 1. The van der Waals surface area contributed by atoms with Crippen LogP contribution in [0.2, 0.25) is 5.02 Å². The third-order valence-corrected chi connectivity index (χ3v) is 3.63. The van der Waals surface area contributed by atoms with Crippen LogP contribution < -0.4 is 11.1 Å². The Kier molecular flexibility index (Phi) is 3.60. The molecule has 0 fully saturated rings. The van der Waals surface area contributed by atoms with Crippen molar-refractivity contribution in [1.82, 2.24) is 0 Å². The minimum Gasteiger partial charge on any atom is -0.399 e. The molecule has 0 radical (unpaired) electrons. The number of aryl methyl sites for hydroxylation is 1. The van der Waals surface area contributed by atoms with Gasteiger partial charge < -0.3 is 11.1 Å². The topological polar surface area (TPSA) is 38.0 Å². The molecule has 0 unspecified atom stereocenters. The Hall–Kier alpha value is -1.19. The van der Waals surface area contributed by atoms with Crippen molar-refractivity contribution >= 4 is 44.6 Å². The van der Waals surface area contributed by atoms with E-state index in [-0.39, 0.29) is 0 Å². The molecule has 0 saturated carbocycles. The Morgan fingerprint density at radius 3 is 2.59 bits per heavy atom. The molecule has 0 spiro atoms. The molecule has 4 heteroatoms. The Labute approximate surface area is 114 Å². The molecule has 0 saturated heterocycles. The molecular weight excluding hydrogens is 300 g/mol. The summed E-state index contributed by atoms with van der Waals surface area (Å²) in [6.07, 6.45) is 0. The SMILES string of the molecule is Cc1cc(Nc2ccc(N)cc2Cl)ccc1Br. The van der Waals surface area contributed by atoms with Gasteiger partial charge in [0.1, 0.15) is 0 Å². The number of nitrogens with two attached hydrogens (primary N) is 1. The van der Waals surface area contributed by atoms with Crippen LogP contribution in [-0.2, 0) is 0 Å². The van der Waals surface area contributed by atoms with Crippen molar-refractivity contribution in [2.75, 3.05) is 11.1 Å². The van der Waals surface area contributed by atoms with Crippen LogP contribution in [-0.4, -0.2) is 0 Å². The van der Waals surface area contributed by atoms with Crippen LogP contribution in [0.25, 0.3) is 0 Å². The fraction of sp³-hybridized carbons (Fsp3) is 0.0769. The molecule has 2 rings (SSSR count). The molecular formula is C13H12BrClN2. The predicted molar refractivity (Wildman–Crippen MR) is 78.0 cm³/mol. The number of rotatable bonds is 2. The number of nitrogens with one attached hydrogen (secondary N) is 1. The molecule has 0 aliphatic carbocycles. The number of hydrogen-bond donors (Lipinski definition) is 2. The second-order valence-electron chi connectivity index (χ2n) is 3.83. The first-order valence-corrected chi connectivity index (χ1v) is 6.31. The molecule has 3 N–H and O–H groups in total. The van der Waals surface area contributed by atoms with Crippen molar-refractivity contribution in [2.45, 2.75) is 6.92 Å². The predicted octanol–water partition coefficient (Wildman–Crippen LogP) is 4.74. The molecule has 2 aromatic rings. The van der Waals surface area contributed by atoms with Gasteiger partial charge >= 0.3 is 0 Å². The molecule has 0 aromatic heterocycles. The normalized spacial score (nSPS) is 10.3. The lowest BCUT2D eigenvalue weighted by Gasteiger charge is -2.10. The van der Waals surface area contributed by atoms with Crippen molar-refractivity contribution in [2.24, 2.45) is 0 Å². The maximum atomic E-state index is 6.10. The molecule has 0 aliphatic heterocycles. The van der Waals surface area contributed by atoms with Crippen molar-refractivity contribution < 1.29 is 0 Å². The Morgan fingerprint density at radius 2 is 1.94 bits per heavy atom. The quantitative estimate of drug-likeness (QED) is 0.786. The highest BCUT2D eigenvalue weighted by Gasteiger charge is 2.02. The van der Waals surface area contributed by atoms with Crippen molar-refractivity contribution in [3.05, 3.63) is 51.5 Å². The highest BCUT2D eigenvalue weighted by atomic mass is 79.9. The summed E-state index contributed by atoms with van der Waals surface area (Å²) in [5, 5.41) is 3.88. The Bertz CT molecular complexity index is 555. The number of anilines is 3. The minimum atomic E-state index is 0.616. The summed E-state index contributed by atoms with van der Waals surface area (Å²) in [5.41, 5.74) is 9.32. The first-order valence-electron chi connectivity index (χ1n) is 5.14. The number of benzene rings is 2. The molecule has 2 aromatic carbocycles. The molecule has 0 atom stereocenters. The van der Waals surface area contributed by atoms with E-state index >= 15 is 0 Å².